The number of nitriles is 1. The van der Waals surface area contributed by atoms with E-state index in [2.05, 4.69) is 4.98 Å². The SMILES string of the molecule is N#Cc1cccnc1Oc1csc(C(=O)O)c1. The lowest BCUT2D eigenvalue weighted by Crippen LogP contribution is -1.92. The first-order valence-corrected chi connectivity index (χ1v) is 5.43. The molecule has 0 spiro atoms. The van der Waals surface area contributed by atoms with Gasteiger partial charge in [-0.3, -0.25) is 0 Å². The normalized spacial score (nSPS) is 9.59. The third-order valence-corrected chi connectivity index (χ3v) is 2.79. The zero-order chi connectivity index (χ0) is 12.3. The number of hydrogen-bond acceptors (Lipinski definition) is 5. The summed E-state index contributed by atoms with van der Waals surface area (Å²) in [6.07, 6.45) is 1.50. The fourth-order valence-corrected chi connectivity index (χ4v) is 1.80. The molecule has 0 amide bonds. The molecule has 0 bridgehead atoms. The number of hydrogen-bond donors (Lipinski definition) is 1. The van der Waals surface area contributed by atoms with Gasteiger partial charge in [-0.1, -0.05) is 0 Å². The van der Waals surface area contributed by atoms with Gasteiger partial charge >= 0.3 is 5.97 Å². The molecule has 0 atom stereocenters. The fourth-order valence-electron chi connectivity index (χ4n) is 1.15. The molecule has 0 saturated carbocycles. The largest absolute Gasteiger partial charge is 0.477 e. The van der Waals surface area contributed by atoms with Crippen LogP contribution in [0.2, 0.25) is 0 Å². The van der Waals surface area contributed by atoms with Crippen LogP contribution in [-0.4, -0.2) is 16.1 Å². The standard InChI is InChI=1S/C11H6N2O3S/c12-5-7-2-1-3-13-10(7)16-8-4-9(11(14)15)17-6-8/h1-4,6H,(H,14,15). The van der Waals surface area contributed by atoms with Gasteiger partial charge in [0.1, 0.15) is 22.3 Å². The second-order valence-corrected chi connectivity index (χ2v) is 3.93. The van der Waals surface area contributed by atoms with Crippen LogP contribution in [0.1, 0.15) is 15.2 Å². The molecule has 2 rings (SSSR count). The molecule has 0 aromatic carbocycles. The van der Waals surface area contributed by atoms with E-state index < -0.39 is 5.97 Å². The Morgan fingerprint density at radius 2 is 2.41 bits per heavy atom. The summed E-state index contributed by atoms with van der Waals surface area (Å²) in [4.78, 5) is 14.8. The highest BCUT2D eigenvalue weighted by atomic mass is 32.1. The minimum atomic E-state index is -1.01. The molecule has 6 heteroatoms. The van der Waals surface area contributed by atoms with Crippen LogP contribution < -0.4 is 4.74 Å². The molecule has 0 aliphatic heterocycles. The Hall–Kier alpha value is -2.39. The molecule has 0 saturated heterocycles. The average Bonchev–Trinajstić information content (AvgIpc) is 2.78. The quantitative estimate of drug-likeness (QED) is 0.899. The van der Waals surface area contributed by atoms with Gasteiger partial charge in [-0.2, -0.15) is 5.26 Å². The van der Waals surface area contributed by atoms with E-state index in [1.54, 1.807) is 17.5 Å². The third-order valence-electron chi connectivity index (χ3n) is 1.89. The van der Waals surface area contributed by atoms with Gasteiger partial charge in [-0.25, -0.2) is 9.78 Å². The van der Waals surface area contributed by atoms with Crippen molar-refractivity contribution in [3.05, 3.63) is 40.2 Å². The van der Waals surface area contributed by atoms with Crippen LogP contribution in [0.3, 0.4) is 0 Å². The van der Waals surface area contributed by atoms with Gasteiger partial charge in [-0.05, 0) is 12.1 Å². The molecule has 17 heavy (non-hydrogen) atoms. The lowest BCUT2D eigenvalue weighted by Gasteiger charge is -2.02. The van der Waals surface area contributed by atoms with Gasteiger partial charge in [-0.15, -0.1) is 11.3 Å². The summed E-state index contributed by atoms with van der Waals surface area (Å²) in [5, 5.41) is 19.1. The molecule has 5 nitrogen and oxygen atoms in total. The number of rotatable bonds is 3. The summed E-state index contributed by atoms with van der Waals surface area (Å²) >= 11 is 1.06. The Bertz CT molecular complexity index is 601. The predicted octanol–water partition coefficient (Wildman–Crippen LogP) is 2.51. The molecular formula is C11H6N2O3S. The highest BCUT2D eigenvalue weighted by Gasteiger charge is 2.10. The van der Waals surface area contributed by atoms with Crippen LogP contribution in [0.4, 0.5) is 0 Å². The number of carboxylic acid groups (broad SMARTS) is 1. The van der Waals surface area contributed by atoms with Crippen molar-refractivity contribution in [2.45, 2.75) is 0 Å². The molecule has 1 N–H and O–H groups in total. The van der Waals surface area contributed by atoms with Crippen LogP contribution in [0.15, 0.2) is 29.8 Å². The predicted molar refractivity (Wildman–Crippen MR) is 60.3 cm³/mol. The molecule has 0 fully saturated rings. The van der Waals surface area contributed by atoms with Gasteiger partial charge in [0.05, 0.1) is 0 Å². The highest BCUT2D eigenvalue weighted by molar-refractivity contribution is 7.12. The van der Waals surface area contributed by atoms with Gasteiger partial charge in [0, 0.05) is 17.6 Å². The van der Waals surface area contributed by atoms with Gasteiger partial charge in [0.2, 0.25) is 5.88 Å². The number of ether oxygens (including phenoxy) is 1. The van der Waals surface area contributed by atoms with E-state index in [1.165, 1.54) is 12.3 Å². The van der Waals surface area contributed by atoms with Crippen molar-refractivity contribution in [2.24, 2.45) is 0 Å². The second kappa shape index (κ2) is 4.63. The van der Waals surface area contributed by atoms with Crippen molar-refractivity contribution in [1.82, 2.24) is 4.98 Å². The van der Waals surface area contributed by atoms with E-state index in [9.17, 15) is 4.79 Å². The molecular weight excluding hydrogens is 240 g/mol. The first kappa shape index (κ1) is 11.1. The highest BCUT2D eigenvalue weighted by Crippen LogP contribution is 2.27. The maximum absolute atomic E-state index is 10.7. The summed E-state index contributed by atoms with van der Waals surface area (Å²) in [6, 6.07) is 6.54. The third kappa shape index (κ3) is 2.41. The summed E-state index contributed by atoms with van der Waals surface area (Å²) in [6.45, 7) is 0. The van der Waals surface area contributed by atoms with Gasteiger partial charge < -0.3 is 9.84 Å². The summed E-state index contributed by atoms with van der Waals surface area (Å²) < 4.78 is 5.34. The number of thiophene rings is 1. The monoisotopic (exact) mass is 246 g/mol. The molecule has 84 valence electrons. The summed E-state index contributed by atoms with van der Waals surface area (Å²) in [5.41, 5.74) is 0.301. The number of nitrogens with zero attached hydrogens (tertiary/aromatic N) is 2. The zero-order valence-corrected chi connectivity index (χ0v) is 9.27. The van der Waals surface area contributed by atoms with Crippen molar-refractivity contribution in [3.63, 3.8) is 0 Å². The average molecular weight is 246 g/mol. The van der Waals surface area contributed by atoms with Crippen molar-refractivity contribution in [1.29, 1.82) is 5.26 Å². The molecule has 0 radical (unpaired) electrons. The van der Waals surface area contributed by atoms with E-state index in [4.69, 9.17) is 15.1 Å². The lowest BCUT2D eigenvalue weighted by atomic mass is 10.3. The minimum absolute atomic E-state index is 0.171. The van der Waals surface area contributed by atoms with Crippen molar-refractivity contribution >= 4 is 17.3 Å². The zero-order valence-electron chi connectivity index (χ0n) is 8.45. The first-order valence-electron chi connectivity index (χ1n) is 4.55. The maximum atomic E-state index is 10.7. The molecule has 0 aliphatic rings. The molecule has 0 aliphatic carbocycles. The molecule has 2 aromatic rings. The lowest BCUT2D eigenvalue weighted by molar-refractivity contribution is 0.0702. The van der Waals surface area contributed by atoms with Crippen molar-refractivity contribution in [3.8, 4) is 17.7 Å². The van der Waals surface area contributed by atoms with Gasteiger partial charge in [0.25, 0.3) is 0 Å². The van der Waals surface area contributed by atoms with Crippen molar-refractivity contribution in [2.75, 3.05) is 0 Å². The van der Waals surface area contributed by atoms with E-state index in [-0.39, 0.29) is 10.8 Å². The Labute approximate surface area is 101 Å². The van der Waals surface area contributed by atoms with E-state index >= 15 is 0 Å². The van der Waals surface area contributed by atoms with Crippen LogP contribution in [0, 0.1) is 11.3 Å². The Kier molecular flexibility index (Phi) is 3.03. The van der Waals surface area contributed by atoms with E-state index in [0.717, 1.165) is 11.3 Å². The first-order chi connectivity index (χ1) is 8.20. The molecule has 2 heterocycles. The van der Waals surface area contributed by atoms with E-state index in [0.29, 0.717) is 11.3 Å². The smallest absolute Gasteiger partial charge is 0.346 e. The number of aromatic nitrogens is 1. The number of aromatic carboxylic acids is 1. The summed E-state index contributed by atoms with van der Waals surface area (Å²) in [7, 11) is 0. The topological polar surface area (TPSA) is 83.2 Å². The van der Waals surface area contributed by atoms with Crippen LogP contribution in [0.5, 0.6) is 11.6 Å². The minimum Gasteiger partial charge on any atom is -0.477 e. The number of pyridine rings is 1. The number of carbonyl (C=O) groups is 1. The van der Waals surface area contributed by atoms with Crippen LogP contribution in [-0.2, 0) is 0 Å². The Balaban J connectivity index is 2.26. The second-order valence-electron chi connectivity index (χ2n) is 3.02. The fraction of sp³-hybridized carbons (Fsp3) is 0. The Morgan fingerprint density at radius 3 is 3.06 bits per heavy atom. The molecule has 0 unspecified atom stereocenters. The van der Waals surface area contributed by atoms with Gasteiger partial charge in [0.15, 0.2) is 0 Å². The summed E-state index contributed by atoms with van der Waals surface area (Å²) in [5.74, 6) is -0.473. The maximum Gasteiger partial charge on any atom is 0.346 e. The van der Waals surface area contributed by atoms with Crippen LogP contribution >= 0.6 is 11.3 Å². The van der Waals surface area contributed by atoms with Crippen LogP contribution in [0.25, 0.3) is 0 Å². The number of carboxylic acids is 1. The molecule has 2 aromatic heterocycles. The van der Waals surface area contributed by atoms with Crippen molar-refractivity contribution < 1.29 is 14.6 Å². The Morgan fingerprint density at radius 1 is 1.59 bits per heavy atom. The van der Waals surface area contributed by atoms with E-state index in [1.807, 2.05) is 6.07 Å².